The number of ether oxygens (including phenoxy) is 1. The number of hydrogen-bond acceptors (Lipinski definition) is 3. The van der Waals surface area contributed by atoms with Gasteiger partial charge in [0.2, 0.25) is 0 Å². The largest absolute Gasteiger partial charge is 0.481 e. The number of aliphatic carboxylic acids is 1. The SMILES string of the molecule is CC(C)/C=C/OC(=O)CCC(=O)O. The van der Waals surface area contributed by atoms with Crippen LogP contribution in [0.5, 0.6) is 0 Å². The topological polar surface area (TPSA) is 63.6 Å². The summed E-state index contributed by atoms with van der Waals surface area (Å²) >= 11 is 0. The van der Waals surface area contributed by atoms with Crippen molar-refractivity contribution in [2.24, 2.45) is 5.92 Å². The molecule has 0 amide bonds. The second-order valence-corrected chi connectivity index (χ2v) is 2.96. The second-order valence-electron chi connectivity index (χ2n) is 2.96. The molecule has 0 fully saturated rings. The third-order valence-electron chi connectivity index (χ3n) is 1.21. The average Bonchev–Trinajstić information content (AvgIpc) is 2.00. The molecule has 0 bridgehead atoms. The van der Waals surface area contributed by atoms with Gasteiger partial charge in [-0.05, 0) is 12.0 Å². The first kappa shape index (κ1) is 11.7. The molecule has 0 rings (SSSR count). The van der Waals surface area contributed by atoms with Crippen LogP contribution in [0.2, 0.25) is 0 Å². The lowest BCUT2D eigenvalue weighted by Gasteiger charge is -1.97. The van der Waals surface area contributed by atoms with Gasteiger partial charge in [0, 0.05) is 0 Å². The highest BCUT2D eigenvalue weighted by Crippen LogP contribution is 1.97. The molecule has 0 atom stereocenters. The third-order valence-corrected chi connectivity index (χ3v) is 1.21. The van der Waals surface area contributed by atoms with E-state index in [0.717, 1.165) is 0 Å². The highest BCUT2D eigenvalue weighted by molar-refractivity contribution is 5.76. The lowest BCUT2D eigenvalue weighted by molar-refractivity contribution is -0.144. The molecule has 0 aromatic carbocycles. The number of hydrogen-bond donors (Lipinski definition) is 1. The molecule has 0 aliphatic carbocycles. The zero-order chi connectivity index (χ0) is 10.3. The Morgan fingerprint density at radius 3 is 2.46 bits per heavy atom. The van der Waals surface area contributed by atoms with Crippen molar-refractivity contribution >= 4 is 11.9 Å². The van der Waals surface area contributed by atoms with Crippen LogP contribution in [0, 0.1) is 5.92 Å². The van der Waals surface area contributed by atoms with Gasteiger partial charge in [0.05, 0.1) is 19.1 Å². The number of esters is 1. The highest BCUT2D eigenvalue weighted by atomic mass is 16.5. The van der Waals surface area contributed by atoms with Crippen LogP contribution in [0.1, 0.15) is 26.7 Å². The average molecular weight is 186 g/mol. The summed E-state index contributed by atoms with van der Waals surface area (Å²) in [6.07, 6.45) is 2.75. The van der Waals surface area contributed by atoms with Crippen LogP contribution in [-0.4, -0.2) is 17.0 Å². The van der Waals surface area contributed by atoms with Crippen molar-refractivity contribution in [2.45, 2.75) is 26.7 Å². The van der Waals surface area contributed by atoms with Crippen LogP contribution < -0.4 is 0 Å². The van der Waals surface area contributed by atoms with E-state index in [1.807, 2.05) is 13.8 Å². The predicted octanol–water partition coefficient (Wildman–Crippen LogP) is 1.56. The van der Waals surface area contributed by atoms with Crippen molar-refractivity contribution in [2.75, 3.05) is 0 Å². The molecular formula is C9H14O4. The van der Waals surface area contributed by atoms with E-state index in [2.05, 4.69) is 4.74 Å². The van der Waals surface area contributed by atoms with Crippen LogP contribution in [-0.2, 0) is 14.3 Å². The molecule has 0 saturated carbocycles. The molecular weight excluding hydrogens is 172 g/mol. The molecule has 0 heterocycles. The first-order valence-electron chi connectivity index (χ1n) is 4.10. The van der Waals surface area contributed by atoms with Gasteiger partial charge in [-0.15, -0.1) is 0 Å². The summed E-state index contributed by atoms with van der Waals surface area (Å²) in [5.41, 5.74) is 0. The minimum Gasteiger partial charge on any atom is -0.481 e. The van der Waals surface area contributed by atoms with E-state index >= 15 is 0 Å². The zero-order valence-electron chi connectivity index (χ0n) is 7.82. The van der Waals surface area contributed by atoms with Crippen LogP contribution in [0.15, 0.2) is 12.3 Å². The monoisotopic (exact) mass is 186 g/mol. The lowest BCUT2D eigenvalue weighted by atomic mass is 10.2. The van der Waals surface area contributed by atoms with Crippen LogP contribution in [0.25, 0.3) is 0 Å². The van der Waals surface area contributed by atoms with Gasteiger partial charge in [-0.3, -0.25) is 9.59 Å². The van der Waals surface area contributed by atoms with Gasteiger partial charge >= 0.3 is 11.9 Å². The number of carbonyl (C=O) groups is 2. The number of carbonyl (C=O) groups excluding carboxylic acids is 1. The second kappa shape index (κ2) is 6.22. The predicted molar refractivity (Wildman–Crippen MR) is 46.9 cm³/mol. The summed E-state index contributed by atoms with van der Waals surface area (Å²) in [7, 11) is 0. The number of allylic oxidation sites excluding steroid dienone is 1. The summed E-state index contributed by atoms with van der Waals surface area (Å²) in [4.78, 5) is 20.9. The molecule has 0 unspecified atom stereocenters. The molecule has 0 aromatic heterocycles. The van der Waals surface area contributed by atoms with Crippen molar-refractivity contribution in [1.29, 1.82) is 0 Å². The van der Waals surface area contributed by atoms with E-state index in [1.165, 1.54) is 6.26 Å². The van der Waals surface area contributed by atoms with Gasteiger partial charge in [-0.1, -0.05) is 13.8 Å². The molecule has 0 radical (unpaired) electrons. The maximum Gasteiger partial charge on any atom is 0.311 e. The Morgan fingerprint density at radius 1 is 1.38 bits per heavy atom. The maximum atomic E-state index is 10.8. The molecule has 0 aliphatic rings. The third kappa shape index (κ3) is 8.59. The van der Waals surface area contributed by atoms with Crippen molar-refractivity contribution in [3.05, 3.63) is 12.3 Å². The van der Waals surface area contributed by atoms with Crippen LogP contribution in [0.4, 0.5) is 0 Å². The Balaban J connectivity index is 3.57. The highest BCUT2D eigenvalue weighted by Gasteiger charge is 2.04. The van der Waals surface area contributed by atoms with Gasteiger partial charge in [-0.2, -0.15) is 0 Å². The van der Waals surface area contributed by atoms with E-state index < -0.39 is 11.9 Å². The zero-order valence-corrected chi connectivity index (χ0v) is 7.82. The van der Waals surface area contributed by atoms with E-state index in [0.29, 0.717) is 5.92 Å². The Morgan fingerprint density at radius 2 is 2.00 bits per heavy atom. The van der Waals surface area contributed by atoms with Gasteiger partial charge in [0.25, 0.3) is 0 Å². The van der Waals surface area contributed by atoms with Crippen molar-refractivity contribution < 1.29 is 19.4 Å². The fourth-order valence-corrected chi connectivity index (χ4v) is 0.540. The molecule has 0 aliphatic heterocycles. The lowest BCUT2D eigenvalue weighted by Crippen LogP contribution is -2.04. The Hall–Kier alpha value is -1.32. The first-order valence-corrected chi connectivity index (χ1v) is 4.10. The van der Waals surface area contributed by atoms with Crippen molar-refractivity contribution in [3.8, 4) is 0 Å². The fourth-order valence-electron chi connectivity index (χ4n) is 0.540. The Kier molecular flexibility index (Phi) is 5.59. The molecule has 13 heavy (non-hydrogen) atoms. The molecule has 0 saturated heterocycles. The molecule has 0 spiro atoms. The molecule has 74 valence electrons. The minimum absolute atomic E-state index is 0.0855. The Labute approximate surface area is 77.2 Å². The van der Waals surface area contributed by atoms with Gasteiger partial charge in [0.15, 0.2) is 0 Å². The van der Waals surface area contributed by atoms with E-state index in [-0.39, 0.29) is 12.8 Å². The normalized spacial score (nSPS) is 10.7. The fraction of sp³-hybridized carbons (Fsp3) is 0.556. The summed E-state index contributed by atoms with van der Waals surface area (Å²) in [6.45, 7) is 3.89. The Bertz CT molecular complexity index is 206. The smallest absolute Gasteiger partial charge is 0.311 e. The summed E-state index contributed by atoms with van der Waals surface area (Å²) in [5, 5.41) is 8.25. The molecule has 4 nitrogen and oxygen atoms in total. The summed E-state index contributed by atoms with van der Waals surface area (Å²) in [5.74, 6) is -1.20. The molecule has 1 N–H and O–H groups in total. The summed E-state index contributed by atoms with van der Waals surface area (Å²) < 4.78 is 4.62. The van der Waals surface area contributed by atoms with E-state index in [4.69, 9.17) is 5.11 Å². The quantitative estimate of drug-likeness (QED) is 0.522. The van der Waals surface area contributed by atoms with Crippen molar-refractivity contribution in [3.63, 3.8) is 0 Å². The maximum absolute atomic E-state index is 10.8. The standard InChI is InChI=1S/C9H14O4/c1-7(2)5-6-13-9(12)4-3-8(10)11/h5-7H,3-4H2,1-2H3,(H,10,11)/b6-5+. The summed E-state index contributed by atoms with van der Waals surface area (Å²) in [6, 6.07) is 0. The van der Waals surface area contributed by atoms with Gasteiger partial charge < -0.3 is 9.84 Å². The van der Waals surface area contributed by atoms with E-state index in [1.54, 1.807) is 6.08 Å². The van der Waals surface area contributed by atoms with Crippen LogP contribution >= 0.6 is 0 Å². The molecule has 0 aromatic rings. The minimum atomic E-state index is -0.996. The molecule has 4 heteroatoms. The van der Waals surface area contributed by atoms with Gasteiger partial charge in [-0.25, -0.2) is 0 Å². The number of carboxylic acids is 1. The van der Waals surface area contributed by atoms with Crippen molar-refractivity contribution in [1.82, 2.24) is 0 Å². The first-order chi connectivity index (χ1) is 6.02. The number of carboxylic acid groups (broad SMARTS) is 1. The van der Waals surface area contributed by atoms with Gasteiger partial charge in [0.1, 0.15) is 0 Å². The number of rotatable bonds is 5. The van der Waals surface area contributed by atoms with Crippen LogP contribution in [0.3, 0.4) is 0 Å². The van der Waals surface area contributed by atoms with E-state index in [9.17, 15) is 9.59 Å².